The summed E-state index contributed by atoms with van der Waals surface area (Å²) >= 11 is 0. The Morgan fingerprint density at radius 1 is 0.714 bits per heavy atom. The van der Waals surface area contributed by atoms with Crippen LogP contribution in [-0.4, -0.2) is 23.0 Å². The van der Waals surface area contributed by atoms with Crippen LogP contribution in [0.1, 0.15) is 75.0 Å². The maximum Gasteiger partial charge on any atom is 0.326 e. The van der Waals surface area contributed by atoms with Crippen molar-refractivity contribution in [2.75, 3.05) is 0 Å². The Morgan fingerprint density at radius 2 is 1.14 bits per heavy atom. The van der Waals surface area contributed by atoms with Gasteiger partial charge in [-0.3, -0.25) is 4.79 Å². The summed E-state index contributed by atoms with van der Waals surface area (Å²) in [5.41, 5.74) is 2.25. The molecule has 0 saturated heterocycles. The summed E-state index contributed by atoms with van der Waals surface area (Å²) in [5, 5.41) is 12.6. The van der Waals surface area contributed by atoms with Gasteiger partial charge in [0, 0.05) is 6.42 Å². The normalized spacial score (nSPS) is 12.1. The number of carboxylic acid groups (broad SMARTS) is 1. The maximum absolute atomic E-state index is 13.5. The summed E-state index contributed by atoms with van der Waals surface area (Å²) in [6, 6.07) is 29.1. The molecule has 0 aliphatic rings. The summed E-state index contributed by atoms with van der Waals surface area (Å²) in [4.78, 5) is 25.5. The molecular weight excluding hydrogens is 434 g/mol. The summed E-state index contributed by atoms with van der Waals surface area (Å²) in [7, 11) is 0. The highest BCUT2D eigenvalue weighted by molar-refractivity contribution is 5.85. The zero-order valence-electron chi connectivity index (χ0n) is 20.7. The highest BCUT2D eigenvalue weighted by Gasteiger charge is 2.39. The van der Waals surface area contributed by atoms with E-state index in [0.29, 0.717) is 6.42 Å². The monoisotopic (exact) mass is 471 g/mol. The lowest BCUT2D eigenvalue weighted by Crippen LogP contribution is -2.44. The van der Waals surface area contributed by atoms with Crippen LogP contribution < -0.4 is 5.32 Å². The van der Waals surface area contributed by atoms with Crippen LogP contribution in [0.25, 0.3) is 0 Å². The topological polar surface area (TPSA) is 66.4 Å². The van der Waals surface area contributed by atoms with Crippen molar-refractivity contribution in [3.05, 3.63) is 108 Å². The van der Waals surface area contributed by atoms with E-state index in [9.17, 15) is 14.7 Å². The minimum atomic E-state index is -0.975. The van der Waals surface area contributed by atoms with E-state index >= 15 is 0 Å². The first-order chi connectivity index (χ1) is 17.1. The first-order valence-corrected chi connectivity index (χ1v) is 12.8. The number of carboxylic acids is 1. The van der Waals surface area contributed by atoms with Crippen molar-refractivity contribution in [2.24, 2.45) is 0 Å². The van der Waals surface area contributed by atoms with Gasteiger partial charge in [-0.15, -0.1) is 0 Å². The Bertz CT molecular complexity index is 938. The molecule has 0 bridgehead atoms. The lowest BCUT2D eigenvalue weighted by atomic mass is 9.67. The average molecular weight is 472 g/mol. The molecule has 2 N–H and O–H groups in total. The molecule has 0 saturated carbocycles. The molecule has 1 amide bonds. The third-order valence-electron chi connectivity index (χ3n) is 6.71. The highest BCUT2D eigenvalue weighted by atomic mass is 16.4. The second kappa shape index (κ2) is 13.5. The smallest absolute Gasteiger partial charge is 0.326 e. The van der Waals surface area contributed by atoms with Crippen LogP contribution in [0.15, 0.2) is 91.0 Å². The van der Waals surface area contributed by atoms with E-state index in [0.717, 1.165) is 36.0 Å². The Kier molecular flexibility index (Phi) is 10.1. The Labute approximate surface area is 209 Å². The standard InChI is InChI=1S/C31H37NO3/c1-2-3-4-5-6-16-23-28(30(34)35)32-29(33)24-31(25-17-10-7-11-18-25,26-19-12-8-13-20-26)27-21-14-9-15-22-27/h7-15,17-22,28H,2-6,16,23-24H2,1H3,(H,32,33)(H,34,35)/t28-/m1/s1. The van der Waals surface area contributed by atoms with Crippen LogP contribution in [0, 0.1) is 0 Å². The van der Waals surface area contributed by atoms with E-state index in [-0.39, 0.29) is 12.3 Å². The lowest BCUT2D eigenvalue weighted by molar-refractivity contribution is -0.142. The van der Waals surface area contributed by atoms with E-state index in [1.54, 1.807) is 0 Å². The van der Waals surface area contributed by atoms with Gasteiger partial charge in [-0.2, -0.15) is 0 Å². The third-order valence-corrected chi connectivity index (χ3v) is 6.71. The number of amides is 1. The quantitative estimate of drug-likeness (QED) is 0.202. The minimum Gasteiger partial charge on any atom is -0.480 e. The second-order valence-electron chi connectivity index (χ2n) is 9.19. The second-order valence-corrected chi connectivity index (χ2v) is 9.19. The number of carbonyl (C=O) groups excluding carboxylic acids is 1. The Balaban J connectivity index is 1.87. The summed E-state index contributed by atoms with van der Waals surface area (Å²) < 4.78 is 0. The van der Waals surface area contributed by atoms with Crippen molar-refractivity contribution in [1.82, 2.24) is 5.32 Å². The van der Waals surface area contributed by atoms with Gasteiger partial charge in [-0.1, -0.05) is 136 Å². The molecule has 0 radical (unpaired) electrons. The van der Waals surface area contributed by atoms with Crippen molar-refractivity contribution in [2.45, 2.75) is 69.7 Å². The van der Waals surface area contributed by atoms with Gasteiger partial charge in [0.2, 0.25) is 5.91 Å². The van der Waals surface area contributed by atoms with Crippen molar-refractivity contribution < 1.29 is 14.7 Å². The number of rotatable bonds is 14. The fourth-order valence-corrected chi connectivity index (χ4v) is 4.85. The largest absolute Gasteiger partial charge is 0.480 e. The van der Waals surface area contributed by atoms with E-state index < -0.39 is 17.4 Å². The molecule has 3 aromatic rings. The predicted octanol–water partition coefficient (Wildman–Crippen LogP) is 6.73. The van der Waals surface area contributed by atoms with Crippen LogP contribution in [0.3, 0.4) is 0 Å². The van der Waals surface area contributed by atoms with Crippen LogP contribution in [0.5, 0.6) is 0 Å². The predicted molar refractivity (Wildman–Crippen MR) is 141 cm³/mol. The van der Waals surface area contributed by atoms with E-state index in [4.69, 9.17) is 0 Å². The molecule has 0 heterocycles. The summed E-state index contributed by atoms with van der Waals surface area (Å²) in [5.74, 6) is -1.24. The minimum absolute atomic E-state index is 0.116. The number of hydrogen-bond acceptors (Lipinski definition) is 2. The fourth-order valence-electron chi connectivity index (χ4n) is 4.85. The fraction of sp³-hybridized carbons (Fsp3) is 0.355. The van der Waals surface area contributed by atoms with Gasteiger partial charge in [0.1, 0.15) is 6.04 Å². The van der Waals surface area contributed by atoms with Gasteiger partial charge < -0.3 is 10.4 Å². The molecule has 0 aromatic heterocycles. The number of carbonyl (C=O) groups is 2. The van der Waals surface area contributed by atoms with Crippen LogP contribution in [0.4, 0.5) is 0 Å². The number of benzene rings is 3. The first-order valence-electron chi connectivity index (χ1n) is 12.8. The molecule has 0 unspecified atom stereocenters. The Morgan fingerprint density at radius 3 is 1.57 bits per heavy atom. The van der Waals surface area contributed by atoms with Crippen molar-refractivity contribution in [3.63, 3.8) is 0 Å². The van der Waals surface area contributed by atoms with Gasteiger partial charge in [0.15, 0.2) is 0 Å². The van der Waals surface area contributed by atoms with Gasteiger partial charge in [-0.25, -0.2) is 4.79 Å². The molecular formula is C31H37NO3. The Hall–Kier alpha value is -3.40. The van der Waals surface area contributed by atoms with Crippen molar-refractivity contribution in [1.29, 1.82) is 0 Å². The van der Waals surface area contributed by atoms with Crippen molar-refractivity contribution >= 4 is 11.9 Å². The highest BCUT2D eigenvalue weighted by Crippen LogP contribution is 2.42. The lowest BCUT2D eigenvalue weighted by Gasteiger charge is -2.36. The zero-order valence-corrected chi connectivity index (χ0v) is 20.7. The first kappa shape index (κ1) is 26.2. The zero-order chi connectivity index (χ0) is 24.9. The molecule has 35 heavy (non-hydrogen) atoms. The van der Waals surface area contributed by atoms with Crippen molar-refractivity contribution in [3.8, 4) is 0 Å². The van der Waals surface area contributed by atoms with Gasteiger partial charge in [0.25, 0.3) is 0 Å². The van der Waals surface area contributed by atoms with Gasteiger partial charge >= 0.3 is 5.97 Å². The average Bonchev–Trinajstić information content (AvgIpc) is 2.90. The van der Waals surface area contributed by atoms with Crippen LogP contribution in [0.2, 0.25) is 0 Å². The molecule has 0 fully saturated rings. The molecule has 4 heteroatoms. The van der Waals surface area contributed by atoms with E-state index in [2.05, 4.69) is 12.2 Å². The molecule has 1 atom stereocenters. The molecule has 0 spiro atoms. The van der Waals surface area contributed by atoms with Crippen LogP contribution >= 0.6 is 0 Å². The molecule has 0 aliphatic carbocycles. The molecule has 0 aliphatic heterocycles. The third kappa shape index (κ3) is 7.05. The van der Waals surface area contributed by atoms with Gasteiger partial charge in [-0.05, 0) is 23.1 Å². The van der Waals surface area contributed by atoms with Crippen LogP contribution in [-0.2, 0) is 15.0 Å². The number of hydrogen-bond donors (Lipinski definition) is 2. The van der Waals surface area contributed by atoms with Gasteiger partial charge in [0.05, 0.1) is 5.41 Å². The maximum atomic E-state index is 13.5. The summed E-state index contributed by atoms with van der Waals surface area (Å²) in [6.07, 6.45) is 7.01. The number of unbranched alkanes of at least 4 members (excludes halogenated alkanes) is 5. The van der Waals surface area contributed by atoms with E-state index in [1.807, 2.05) is 91.0 Å². The number of nitrogens with one attached hydrogen (secondary N) is 1. The molecule has 3 rings (SSSR count). The number of aliphatic carboxylic acids is 1. The molecule has 184 valence electrons. The summed E-state index contributed by atoms with van der Waals surface area (Å²) in [6.45, 7) is 2.18. The molecule has 3 aromatic carbocycles. The molecule has 4 nitrogen and oxygen atoms in total. The SMILES string of the molecule is CCCCCCCC[C@@H](NC(=O)CC(c1ccccc1)(c1ccccc1)c1ccccc1)C(=O)O. The van der Waals surface area contributed by atoms with E-state index in [1.165, 1.54) is 19.3 Å².